The van der Waals surface area contributed by atoms with Crippen molar-refractivity contribution in [2.24, 2.45) is 5.92 Å². The first-order valence-corrected chi connectivity index (χ1v) is 5.59. The predicted molar refractivity (Wildman–Crippen MR) is 58.5 cm³/mol. The average Bonchev–Trinajstić information content (AvgIpc) is 2.70. The van der Waals surface area contributed by atoms with Crippen LogP contribution in [0.15, 0.2) is 4.79 Å². The molecule has 1 atom stereocenters. The fourth-order valence-corrected chi connectivity index (χ4v) is 1.96. The molecule has 1 aromatic heterocycles. The molecule has 2 rings (SSSR count). The molecule has 1 fully saturated rings. The van der Waals surface area contributed by atoms with Crippen LogP contribution in [0.5, 0.6) is 5.88 Å². The van der Waals surface area contributed by atoms with Crippen molar-refractivity contribution in [1.82, 2.24) is 9.97 Å². The van der Waals surface area contributed by atoms with E-state index in [0.29, 0.717) is 36.8 Å². The molecule has 16 heavy (non-hydrogen) atoms. The summed E-state index contributed by atoms with van der Waals surface area (Å²) >= 11 is 0. The molecule has 1 aromatic rings. The number of hydrogen-bond acceptors (Lipinski definition) is 4. The standard InChI is InChI=1S/C11H16N2O3/c1-2-8-10(14)12-9(13-11(8)15)5-7-3-4-16-6-7/h7H,2-6H2,1H3,(H2,12,13,14,15). The van der Waals surface area contributed by atoms with E-state index in [2.05, 4.69) is 9.97 Å². The summed E-state index contributed by atoms with van der Waals surface area (Å²) < 4.78 is 5.25. The lowest BCUT2D eigenvalue weighted by atomic mass is 10.0. The summed E-state index contributed by atoms with van der Waals surface area (Å²) in [5.41, 5.74) is 0.121. The van der Waals surface area contributed by atoms with E-state index in [0.717, 1.165) is 13.0 Å². The van der Waals surface area contributed by atoms with Crippen LogP contribution in [0.3, 0.4) is 0 Å². The maximum Gasteiger partial charge on any atom is 0.257 e. The number of aromatic hydroxyl groups is 1. The number of aromatic amines is 1. The molecule has 1 saturated heterocycles. The van der Waals surface area contributed by atoms with Crippen LogP contribution in [-0.2, 0) is 17.6 Å². The monoisotopic (exact) mass is 224 g/mol. The lowest BCUT2D eigenvalue weighted by Gasteiger charge is -2.07. The zero-order valence-electron chi connectivity index (χ0n) is 9.32. The Bertz CT molecular complexity index is 422. The molecule has 0 amide bonds. The molecular formula is C11H16N2O3. The average molecular weight is 224 g/mol. The van der Waals surface area contributed by atoms with Crippen molar-refractivity contribution in [1.29, 1.82) is 0 Å². The molecule has 0 bridgehead atoms. The second-order valence-electron chi connectivity index (χ2n) is 4.10. The molecule has 0 spiro atoms. The molecule has 1 unspecified atom stereocenters. The molecule has 0 aromatic carbocycles. The molecule has 88 valence electrons. The van der Waals surface area contributed by atoms with Gasteiger partial charge < -0.3 is 14.8 Å². The number of hydrogen-bond donors (Lipinski definition) is 2. The van der Waals surface area contributed by atoms with Gasteiger partial charge in [0.15, 0.2) is 0 Å². The highest BCUT2D eigenvalue weighted by molar-refractivity contribution is 5.22. The van der Waals surface area contributed by atoms with Crippen molar-refractivity contribution in [3.05, 3.63) is 21.7 Å². The van der Waals surface area contributed by atoms with Gasteiger partial charge in [-0.3, -0.25) is 4.79 Å². The van der Waals surface area contributed by atoms with Crippen molar-refractivity contribution in [2.45, 2.75) is 26.2 Å². The molecule has 0 aliphatic carbocycles. The second kappa shape index (κ2) is 4.65. The highest BCUT2D eigenvalue weighted by Gasteiger charge is 2.18. The number of H-pyrrole nitrogens is 1. The minimum atomic E-state index is -0.232. The third-order valence-electron chi connectivity index (χ3n) is 2.90. The molecule has 2 heterocycles. The third kappa shape index (κ3) is 2.24. The molecule has 1 aliphatic heterocycles. The molecule has 5 nitrogen and oxygen atoms in total. The van der Waals surface area contributed by atoms with E-state index in [1.54, 1.807) is 0 Å². The van der Waals surface area contributed by atoms with Gasteiger partial charge in [0.05, 0.1) is 5.56 Å². The first-order chi connectivity index (χ1) is 7.70. The largest absolute Gasteiger partial charge is 0.493 e. The molecule has 0 radical (unpaired) electrons. The van der Waals surface area contributed by atoms with Gasteiger partial charge in [-0.1, -0.05) is 6.92 Å². The normalized spacial score (nSPS) is 20.2. The van der Waals surface area contributed by atoms with Crippen LogP contribution in [0.2, 0.25) is 0 Å². The van der Waals surface area contributed by atoms with Crippen molar-refractivity contribution >= 4 is 0 Å². The van der Waals surface area contributed by atoms with Gasteiger partial charge in [0.1, 0.15) is 5.82 Å². The Balaban J connectivity index is 2.19. The topological polar surface area (TPSA) is 75.2 Å². The molecule has 5 heteroatoms. The zero-order chi connectivity index (χ0) is 11.5. The minimum absolute atomic E-state index is 0.139. The molecule has 1 aliphatic rings. The van der Waals surface area contributed by atoms with Crippen molar-refractivity contribution in [2.75, 3.05) is 13.2 Å². The quantitative estimate of drug-likeness (QED) is 0.789. The van der Waals surface area contributed by atoms with E-state index >= 15 is 0 Å². The number of rotatable bonds is 3. The Labute approximate surface area is 93.5 Å². The summed E-state index contributed by atoms with van der Waals surface area (Å²) in [6.45, 7) is 3.30. The summed E-state index contributed by atoms with van der Waals surface area (Å²) in [7, 11) is 0. The highest BCUT2D eigenvalue weighted by Crippen LogP contribution is 2.17. The fraction of sp³-hybridized carbons (Fsp3) is 0.636. The van der Waals surface area contributed by atoms with E-state index in [1.807, 2.05) is 6.92 Å². The molecule has 0 saturated carbocycles. The summed E-state index contributed by atoms with van der Waals surface area (Å²) in [5.74, 6) is 0.811. The Morgan fingerprint density at radius 2 is 2.44 bits per heavy atom. The van der Waals surface area contributed by atoms with Crippen molar-refractivity contribution in [3.63, 3.8) is 0 Å². The van der Waals surface area contributed by atoms with Crippen LogP contribution in [0.1, 0.15) is 24.7 Å². The molecular weight excluding hydrogens is 208 g/mol. The first-order valence-electron chi connectivity index (χ1n) is 5.59. The Kier molecular flexibility index (Phi) is 3.24. The second-order valence-corrected chi connectivity index (χ2v) is 4.10. The van der Waals surface area contributed by atoms with Gasteiger partial charge in [-0.2, -0.15) is 0 Å². The van der Waals surface area contributed by atoms with Gasteiger partial charge in [-0.05, 0) is 18.8 Å². The summed E-state index contributed by atoms with van der Waals surface area (Å²) in [4.78, 5) is 18.3. The summed E-state index contributed by atoms with van der Waals surface area (Å²) in [6.07, 6.45) is 2.13. The van der Waals surface area contributed by atoms with Gasteiger partial charge in [0.2, 0.25) is 5.88 Å². The van der Waals surface area contributed by atoms with Gasteiger partial charge in [-0.25, -0.2) is 4.98 Å². The van der Waals surface area contributed by atoms with E-state index in [1.165, 1.54) is 0 Å². The summed E-state index contributed by atoms with van der Waals surface area (Å²) in [5, 5.41) is 9.58. The number of nitrogens with one attached hydrogen (secondary N) is 1. The van der Waals surface area contributed by atoms with Crippen LogP contribution in [0.25, 0.3) is 0 Å². The van der Waals surface area contributed by atoms with Gasteiger partial charge in [0.25, 0.3) is 5.56 Å². The lowest BCUT2D eigenvalue weighted by Crippen LogP contribution is -2.18. The van der Waals surface area contributed by atoms with Crippen LogP contribution < -0.4 is 5.56 Å². The predicted octanol–water partition coefficient (Wildman–Crippen LogP) is 0.617. The van der Waals surface area contributed by atoms with E-state index < -0.39 is 0 Å². The lowest BCUT2D eigenvalue weighted by molar-refractivity contribution is 0.185. The van der Waals surface area contributed by atoms with Crippen LogP contribution in [0, 0.1) is 5.92 Å². The van der Waals surface area contributed by atoms with E-state index in [-0.39, 0.29) is 11.4 Å². The first kappa shape index (κ1) is 11.1. The number of ether oxygens (including phenoxy) is 1. The van der Waals surface area contributed by atoms with Gasteiger partial charge in [0, 0.05) is 19.6 Å². The minimum Gasteiger partial charge on any atom is -0.493 e. The van der Waals surface area contributed by atoms with Gasteiger partial charge in [-0.15, -0.1) is 0 Å². The Morgan fingerprint density at radius 3 is 3.00 bits per heavy atom. The SMILES string of the molecule is CCc1c(O)nc(CC2CCOC2)[nH]c1=O. The maximum atomic E-state index is 11.6. The van der Waals surface area contributed by atoms with Crippen LogP contribution >= 0.6 is 0 Å². The van der Waals surface area contributed by atoms with E-state index in [4.69, 9.17) is 4.74 Å². The smallest absolute Gasteiger partial charge is 0.257 e. The third-order valence-corrected chi connectivity index (χ3v) is 2.90. The Hall–Kier alpha value is -1.36. The zero-order valence-corrected chi connectivity index (χ0v) is 9.32. The number of aromatic nitrogens is 2. The maximum absolute atomic E-state index is 11.6. The van der Waals surface area contributed by atoms with Crippen LogP contribution in [-0.4, -0.2) is 28.3 Å². The van der Waals surface area contributed by atoms with Crippen molar-refractivity contribution in [3.8, 4) is 5.88 Å². The van der Waals surface area contributed by atoms with E-state index in [9.17, 15) is 9.90 Å². The summed E-state index contributed by atoms with van der Waals surface area (Å²) in [6, 6.07) is 0. The highest BCUT2D eigenvalue weighted by atomic mass is 16.5. The van der Waals surface area contributed by atoms with Crippen molar-refractivity contribution < 1.29 is 9.84 Å². The molecule has 2 N–H and O–H groups in total. The number of nitrogens with zero attached hydrogens (tertiary/aromatic N) is 1. The fourth-order valence-electron chi connectivity index (χ4n) is 1.96. The Morgan fingerprint density at radius 1 is 1.62 bits per heavy atom. The van der Waals surface area contributed by atoms with Crippen LogP contribution in [0.4, 0.5) is 0 Å². The van der Waals surface area contributed by atoms with Gasteiger partial charge >= 0.3 is 0 Å².